The van der Waals surface area contributed by atoms with Crippen molar-refractivity contribution in [3.05, 3.63) is 88.5 Å². The van der Waals surface area contributed by atoms with Crippen molar-refractivity contribution >= 4 is 35.5 Å². The lowest BCUT2D eigenvalue weighted by Gasteiger charge is -2.07. The van der Waals surface area contributed by atoms with Crippen molar-refractivity contribution in [1.29, 1.82) is 0 Å². The second-order valence-electron chi connectivity index (χ2n) is 6.49. The van der Waals surface area contributed by atoms with E-state index in [0.717, 1.165) is 6.08 Å². The van der Waals surface area contributed by atoms with Gasteiger partial charge in [0.1, 0.15) is 11.0 Å². The minimum absolute atomic E-state index is 0.222. The second kappa shape index (κ2) is 10.4. The van der Waals surface area contributed by atoms with Crippen LogP contribution in [0.5, 0.6) is 0 Å². The number of hydrogen-bond acceptors (Lipinski definition) is 5. The van der Waals surface area contributed by atoms with Crippen molar-refractivity contribution in [1.82, 2.24) is 20.6 Å². The van der Waals surface area contributed by atoms with Gasteiger partial charge in [0, 0.05) is 17.2 Å². The van der Waals surface area contributed by atoms with Crippen molar-refractivity contribution in [2.45, 2.75) is 6.92 Å². The maximum Gasteiger partial charge on any atom is 0.331 e. The molecule has 2 amide bonds. The molecular weight excluding hydrogens is 439 g/mol. The third-order valence-electron chi connectivity index (χ3n) is 4.20. The lowest BCUT2D eigenvalue weighted by atomic mass is 10.2. The normalized spacial score (nSPS) is 10.7. The Morgan fingerprint density at radius 3 is 2.47 bits per heavy atom. The molecule has 1 heterocycles. The molecule has 0 unspecified atom stereocenters. The highest BCUT2D eigenvalue weighted by atomic mass is 35.5. The first kappa shape index (κ1) is 22.7. The van der Waals surface area contributed by atoms with E-state index < -0.39 is 24.4 Å². The number of amides is 2. The topological polar surface area (TPSA) is 102 Å². The Labute approximate surface area is 187 Å². The molecule has 0 aliphatic carbocycles. The Kier molecular flexibility index (Phi) is 7.35. The number of nitrogens with one attached hydrogen (secondary N) is 2. The standard InChI is InChI=1S/C22H18ClFN4O4/c1-14-18(21(23)28(27-14)17-9-7-16(24)8-10-17)11-12-20(30)32-13-19(29)25-26-22(31)15-5-3-2-4-6-15/h2-12H,13H2,1H3,(H,25,29)(H,26,31)/b12-11+. The van der Waals surface area contributed by atoms with Gasteiger partial charge in [0.05, 0.1) is 11.4 Å². The van der Waals surface area contributed by atoms with Gasteiger partial charge in [-0.2, -0.15) is 5.10 Å². The molecule has 0 fully saturated rings. The smallest absolute Gasteiger partial charge is 0.331 e. The number of hydrazine groups is 1. The highest BCUT2D eigenvalue weighted by Gasteiger charge is 2.14. The molecule has 0 aliphatic rings. The van der Waals surface area contributed by atoms with Gasteiger partial charge in [0.2, 0.25) is 0 Å². The summed E-state index contributed by atoms with van der Waals surface area (Å²) in [5.74, 6) is -2.40. The van der Waals surface area contributed by atoms with E-state index >= 15 is 0 Å². The summed E-state index contributed by atoms with van der Waals surface area (Å²) < 4.78 is 19.4. The minimum atomic E-state index is -0.792. The quantitative estimate of drug-likeness (QED) is 0.337. The van der Waals surface area contributed by atoms with Crippen LogP contribution in [0, 0.1) is 12.7 Å². The number of ether oxygens (including phenoxy) is 1. The summed E-state index contributed by atoms with van der Waals surface area (Å²) in [7, 11) is 0. The lowest BCUT2D eigenvalue weighted by molar-refractivity contribution is -0.144. The van der Waals surface area contributed by atoms with Gasteiger partial charge in [-0.1, -0.05) is 29.8 Å². The van der Waals surface area contributed by atoms with Gasteiger partial charge in [-0.25, -0.2) is 13.9 Å². The summed E-state index contributed by atoms with van der Waals surface area (Å²) in [5.41, 5.74) is 6.28. The van der Waals surface area contributed by atoms with Crippen molar-refractivity contribution in [2.75, 3.05) is 6.61 Å². The molecular formula is C22H18ClFN4O4. The first-order chi connectivity index (χ1) is 15.3. The maximum atomic E-state index is 13.1. The molecule has 32 heavy (non-hydrogen) atoms. The monoisotopic (exact) mass is 456 g/mol. The molecule has 0 aliphatic heterocycles. The molecule has 0 bridgehead atoms. The van der Waals surface area contributed by atoms with Gasteiger partial charge in [-0.05, 0) is 49.4 Å². The third kappa shape index (κ3) is 5.79. The number of hydrogen-bond donors (Lipinski definition) is 2. The van der Waals surface area contributed by atoms with E-state index in [0.29, 0.717) is 22.5 Å². The molecule has 3 rings (SSSR count). The number of benzene rings is 2. The summed E-state index contributed by atoms with van der Waals surface area (Å²) >= 11 is 6.34. The number of aryl methyl sites for hydroxylation is 1. The van der Waals surface area contributed by atoms with Gasteiger partial charge in [0.15, 0.2) is 6.61 Å². The van der Waals surface area contributed by atoms with Crippen LogP contribution in [0.3, 0.4) is 0 Å². The Morgan fingerprint density at radius 2 is 1.78 bits per heavy atom. The number of carbonyl (C=O) groups is 3. The van der Waals surface area contributed by atoms with Crippen LogP contribution in [0.25, 0.3) is 11.8 Å². The van der Waals surface area contributed by atoms with Crippen molar-refractivity contribution in [3.8, 4) is 5.69 Å². The van der Waals surface area contributed by atoms with Crippen molar-refractivity contribution in [2.24, 2.45) is 0 Å². The number of rotatable bonds is 6. The molecule has 3 aromatic rings. The number of halogens is 2. The highest BCUT2D eigenvalue weighted by Crippen LogP contribution is 2.24. The molecule has 0 atom stereocenters. The van der Waals surface area contributed by atoms with E-state index in [2.05, 4.69) is 16.0 Å². The average Bonchev–Trinajstić information content (AvgIpc) is 3.08. The molecule has 8 nitrogen and oxygen atoms in total. The fourth-order valence-corrected chi connectivity index (χ4v) is 2.95. The Bertz CT molecular complexity index is 1160. The fourth-order valence-electron chi connectivity index (χ4n) is 2.61. The van der Waals surface area contributed by atoms with Gasteiger partial charge >= 0.3 is 5.97 Å². The molecule has 2 N–H and O–H groups in total. The Hall–Kier alpha value is -3.98. The molecule has 10 heteroatoms. The van der Waals surface area contributed by atoms with E-state index in [1.807, 2.05) is 0 Å². The zero-order chi connectivity index (χ0) is 23.1. The third-order valence-corrected chi connectivity index (χ3v) is 4.57. The van der Waals surface area contributed by atoms with Crippen LogP contribution >= 0.6 is 11.6 Å². The summed E-state index contributed by atoms with van der Waals surface area (Å²) in [6, 6.07) is 13.9. The van der Waals surface area contributed by atoms with E-state index in [1.54, 1.807) is 37.3 Å². The minimum Gasteiger partial charge on any atom is -0.452 e. The number of nitrogens with zero attached hydrogens (tertiary/aromatic N) is 2. The van der Waals surface area contributed by atoms with E-state index in [1.165, 1.54) is 35.0 Å². The maximum absolute atomic E-state index is 13.1. The molecule has 1 aromatic heterocycles. The molecule has 164 valence electrons. The van der Waals surface area contributed by atoms with Gasteiger partial charge in [-0.15, -0.1) is 0 Å². The molecule has 0 spiro atoms. The number of carbonyl (C=O) groups excluding carboxylic acids is 3. The van der Waals surface area contributed by atoms with Crippen LogP contribution in [0.15, 0.2) is 60.7 Å². The molecule has 0 saturated carbocycles. The van der Waals surface area contributed by atoms with Crippen LogP contribution in [0.4, 0.5) is 4.39 Å². The predicted molar refractivity (Wildman–Crippen MR) is 115 cm³/mol. The van der Waals surface area contributed by atoms with Crippen LogP contribution < -0.4 is 10.9 Å². The largest absolute Gasteiger partial charge is 0.452 e. The number of aromatic nitrogens is 2. The Balaban J connectivity index is 1.52. The zero-order valence-electron chi connectivity index (χ0n) is 16.8. The van der Waals surface area contributed by atoms with Gasteiger partial charge < -0.3 is 4.74 Å². The SMILES string of the molecule is Cc1nn(-c2ccc(F)cc2)c(Cl)c1/C=C/C(=O)OCC(=O)NNC(=O)c1ccccc1. The van der Waals surface area contributed by atoms with Crippen LogP contribution in [0.2, 0.25) is 5.15 Å². The zero-order valence-corrected chi connectivity index (χ0v) is 17.6. The van der Waals surface area contributed by atoms with E-state index in [-0.39, 0.29) is 11.0 Å². The molecule has 2 aromatic carbocycles. The molecule has 0 radical (unpaired) electrons. The number of esters is 1. The average molecular weight is 457 g/mol. The second-order valence-corrected chi connectivity index (χ2v) is 6.85. The summed E-state index contributed by atoms with van der Waals surface area (Å²) in [6.45, 7) is 1.10. The lowest BCUT2D eigenvalue weighted by Crippen LogP contribution is -2.43. The van der Waals surface area contributed by atoms with Crippen molar-refractivity contribution < 1.29 is 23.5 Å². The van der Waals surface area contributed by atoms with E-state index in [4.69, 9.17) is 16.3 Å². The Morgan fingerprint density at radius 1 is 1.09 bits per heavy atom. The van der Waals surface area contributed by atoms with E-state index in [9.17, 15) is 18.8 Å². The first-order valence-electron chi connectivity index (χ1n) is 9.35. The van der Waals surface area contributed by atoms with Crippen LogP contribution in [-0.2, 0) is 14.3 Å². The summed E-state index contributed by atoms with van der Waals surface area (Å²) in [6.07, 6.45) is 2.50. The highest BCUT2D eigenvalue weighted by molar-refractivity contribution is 6.31. The van der Waals surface area contributed by atoms with Crippen LogP contribution in [0.1, 0.15) is 21.6 Å². The molecule has 0 saturated heterocycles. The predicted octanol–water partition coefficient (Wildman–Crippen LogP) is 2.99. The van der Waals surface area contributed by atoms with Crippen molar-refractivity contribution in [3.63, 3.8) is 0 Å². The summed E-state index contributed by atoms with van der Waals surface area (Å²) in [5, 5.41) is 4.50. The fraction of sp³-hybridized carbons (Fsp3) is 0.0909. The van der Waals surface area contributed by atoms with Gasteiger partial charge in [-0.3, -0.25) is 20.4 Å². The summed E-state index contributed by atoms with van der Waals surface area (Å²) in [4.78, 5) is 35.5. The first-order valence-corrected chi connectivity index (χ1v) is 9.73. The van der Waals surface area contributed by atoms with Crippen LogP contribution in [-0.4, -0.2) is 34.2 Å². The van der Waals surface area contributed by atoms with Gasteiger partial charge in [0.25, 0.3) is 11.8 Å².